The Morgan fingerprint density at radius 2 is 1.12 bits per heavy atom. The first-order valence-corrected chi connectivity index (χ1v) is 7.53. The molecule has 0 amide bonds. The lowest BCUT2D eigenvalue weighted by molar-refractivity contribution is 0.153. The average Bonchev–Trinajstić information content (AvgIpc) is 2.98. The third-order valence-electron chi connectivity index (χ3n) is 7.26. The van der Waals surface area contributed by atoms with Crippen LogP contribution in [-0.4, -0.2) is 0 Å². The van der Waals surface area contributed by atoms with Gasteiger partial charge in [0.15, 0.2) is 0 Å². The van der Waals surface area contributed by atoms with Crippen LogP contribution in [-0.2, 0) is 0 Å². The lowest BCUT2D eigenvalue weighted by Gasteiger charge is -2.32. The summed E-state index contributed by atoms with van der Waals surface area (Å²) in [5.41, 5.74) is 1.74. The van der Waals surface area contributed by atoms with Gasteiger partial charge in [-0.2, -0.15) is 0 Å². The van der Waals surface area contributed by atoms with Gasteiger partial charge in [-0.3, -0.25) is 0 Å². The maximum Gasteiger partial charge on any atom is -0.0141 e. The molecule has 0 aromatic heterocycles. The highest BCUT2D eigenvalue weighted by Gasteiger charge is 2.64. The summed E-state index contributed by atoms with van der Waals surface area (Å²) in [5.74, 6) is 8.63. The van der Waals surface area contributed by atoms with Gasteiger partial charge in [-0.1, -0.05) is 12.2 Å². The van der Waals surface area contributed by atoms with Crippen LogP contribution in [0, 0.1) is 47.3 Å². The van der Waals surface area contributed by atoms with Crippen LogP contribution < -0.4 is 0 Å². The molecule has 0 aromatic carbocycles. The molecule has 5 aliphatic carbocycles. The van der Waals surface area contributed by atoms with E-state index in [1.54, 1.807) is 44.1 Å². The largest absolute Gasteiger partial charge is 0.0993 e. The lowest BCUT2D eigenvalue weighted by atomic mass is 9.72. The monoisotopic (exact) mass is 214 g/mol. The van der Waals surface area contributed by atoms with E-state index in [0.717, 1.165) is 47.3 Å². The molecule has 5 saturated carbocycles. The first-order valence-electron chi connectivity index (χ1n) is 7.53. The van der Waals surface area contributed by atoms with Crippen LogP contribution in [0.4, 0.5) is 0 Å². The first-order chi connectivity index (χ1) is 7.84. The summed E-state index contributed by atoms with van der Waals surface area (Å²) in [7, 11) is 0. The van der Waals surface area contributed by atoms with Crippen molar-refractivity contribution >= 4 is 0 Å². The van der Waals surface area contributed by atoms with Gasteiger partial charge in [0, 0.05) is 0 Å². The molecule has 8 atom stereocenters. The van der Waals surface area contributed by atoms with E-state index in [4.69, 9.17) is 0 Å². The molecule has 0 heterocycles. The Balaban J connectivity index is 1.62. The minimum atomic E-state index is 0.997. The average molecular weight is 214 g/mol. The summed E-state index contributed by atoms with van der Waals surface area (Å²) < 4.78 is 0. The Morgan fingerprint density at radius 1 is 0.688 bits per heavy atom. The van der Waals surface area contributed by atoms with Crippen molar-refractivity contribution in [3.8, 4) is 0 Å². The van der Waals surface area contributed by atoms with Gasteiger partial charge in [0.1, 0.15) is 0 Å². The zero-order chi connectivity index (χ0) is 10.4. The second kappa shape index (κ2) is 2.60. The quantitative estimate of drug-likeness (QED) is 0.537. The maximum absolute atomic E-state index is 4.58. The molecule has 0 nitrogen and oxygen atoms in total. The molecule has 0 unspecified atom stereocenters. The minimum Gasteiger partial charge on any atom is -0.0993 e. The van der Waals surface area contributed by atoms with E-state index < -0.39 is 0 Å². The highest BCUT2D eigenvalue weighted by atomic mass is 14.7. The zero-order valence-corrected chi connectivity index (χ0v) is 10.1. The van der Waals surface area contributed by atoms with E-state index in [-0.39, 0.29) is 0 Å². The predicted octanol–water partition coefficient (Wildman–Crippen LogP) is 3.88. The molecule has 0 aromatic rings. The van der Waals surface area contributed by atoms with E-state index in [2.05, 4.69) is 6.58 Å². The fraction of sp³-hybridized carbons (Fsp3) is 0.875. The van der Waals surface area contributed by atoms with Gasteiger partial charge in [-0.15, -0.1) is 0 Å². The number of allylic oxidation sites excluding steroid dienone is 1. The second-order valence-electron chi connectivity index (χ2n) is 7.45. The molecule has 0 radical (unpaired) electrons. The third kappa shape index (κ3) is 0.772. The summed E-state index contributed by atoms with van der Waals surface area (Å²) in [5, 5.41) is 0. The van der Waals surface area contributed by atoms with E-state index in [9.17, 15) is 0 Å². The fourth-order valence-corrected chi connectivity index (χ4v) is 7.10. The number of hydrogen-bond acceptors (Lipinski definition) is 0. The SMILES string of the molecule is C=C1[C@@H]2[C@H]3CC[C@H](C3)[C@@H]2[C@H]2[C@@H]3CC[C@@H](C3)[C@@H]12. The van der Waals surface area contributed by atoms with Gasteiger partial charge in [0.2, 0.25) is 0 Å². The summed E-state index contributed by atoms with van der Waals surface area (Å²) >= 11 is 0. The zero-order valence-electron chi connectivity index (χ0n) is 10.1. The summed E-state index contributed by atoms with van der Waals surface area (Å²) in [6, 6.07) is 0. The van der Waals surface area contributed by atoms with Crippen molar-refractivity contribution in [1.82, 2.24) is 0 Å². The highest BCUT2D eigenvalue weighted by Crippen LogP contribution is 2.72. The van der Waals surface area contributed by atoms with Crippen molar-refractivity contribution < 1.29 is 0 Å². The van der Waals surface area contributed by atoms with Crippen LogP contribution in [0.5, 0.6) is 0 Å². The van der Waals surface area contributed by atoms with Crippen LogP contribution in [0.15, 0.2) is 12.2 Å². The van der Waals surface area contributed by atoms with Crippen molar-refractivity contribution in [3.05, 3.63) is 12.2 Å². The van der Waals surface area contributed by atoms with Gasteiger partial charge < -0.3 is 0 Å². The van der Waals surface area contributed by atoms with E-state index >= 15 is 0 Å². The lowest BCUT2D eigenvalue weighted by Crippen LogP contribution is -2.27. The standard InChI is InChI=1S/C16H22/c1-8-13-9-2-4-11(6-9)15(13)16-12-5-3-10(7-12)14(8)16/h9-16H,1-7H2/t9-,10-,11+,12+,13+,14+,15-,16-/m0/s1. The Labute approximate surface area is 98.5 Å². The summed E-state index contributed by atoms with van der Waals surface area (Å²) in [6.45, 7) is 4.58. The van der Waals surface area contributed by atoms with Gasteiger partial charge >= 0.3 is 0 Å². The molecule has 5 rings (SSSR count). The normalized spacial score (nSPS) is 65.4. The van der Waals surface area contributed by atoms with Gasteiger partial charge in [-0.25, -0.2) is 0 Å². The van der Waals surface area contributed by atoms with Gasteiger partial charge in [0.05, 0.1) is 0 Å². The molecule has 86 valence electrons. The van der Waals surface area contributed by atoms with E-state index in [1.807, 2.05) is 0 Å². The van der Waals surface area contributed by atoms with Crippen molar-refractivity contribution in [2.24, 2.45) is 47.3 Å². The molecule has 0 heteroatoms. The number of hydrogen-bond donors (Lipinski definition) is 0. The molecule has 16 heavy (non-hydrogen) atoms. The number of fused-ring (bicyclic) bond motifs is 11. The molecule has 4 bridgehead atoms. The van der Waals surface area contributed by atoms with Gasteiger partial charge in [-0.05, 0) is 85.9 Å². The Morgan fingerprint density at radius 3 is 1.62 bits per heavy atom. The van der Waals surface area contributed by atoms with Crippen molar-refractivity contribution in [3.63, 3.8) is 0 Å². The highest BCUT2D eigenvalue weighted by molar-refractivity contribution is 5.28. The molecule has 0 spiro atoms. The van der Waals surface area contributed by atoms with Crippen molar-refractivity contribution in [2.75, 3.05) is 0 Å². The molecule has 5 fully saturated rings. The molecule has 0 aliphatic heterocycles. The van der Waals surface area contributed by atoms with Crippen LogP contribution in [0.2, 0.25) is 0 Å². The fourth-order valence-electron chi connectivity index (χ4n) is 7.10. The van der Waals surface area contributed by atoms with Crippen molar-refractivity contribution in [2.45, 2.75) is 38.5 Å². The second-order valence-corrected chi connectivity index (χ2v) is 7.45. The Hall–Kier alpha value is -0.260. The summed E-state index contributed by atoms with van der Waals surface area (Å²) in [4.78, 5) is 0. The Kier molecular flexibility index (Phi) is 1.42. The van der Waals surface area contributed by atoms with E-state index in [1.165, 1.54) is 0 Å². The molecule has 0 saturated heterocycles. The van der Waals surface area contributed by atoms with Crippen LogP contribution >= 0.6 is 0 Å². The number of rotatable bonds is 0. The minimum absolute atomic E-state index is 0.997. The van der Waals surface area contributed by atoms with E-state index in [0.29, 0.717) is 0 Å². The molecule has 0 N–H and O–H groups in total. The van der Waals surface area contributed by atoms with Crippen LogP contribution in [0.3, 0.4) is 0 Å². The summed E-state index contributed by atoms with van der Waals surface area (Å²) in [6.07, 6.45) is 9.38. The smallest absolute Gasteiger partial charge is 0.0141 e. The van der Waals surface area contributed by atoms with Crippen molar-refractivity contribution in [1.29, 1.82) is 0 Å². The molecular formula is C16H22. The first kappa shape index (κ1) is 8.78. The molecular weight excluding hydrogens is 192 g/mol. The topological polar surface area (TPSA) is 0 Å². The third-order valence-corrected chi connectivity index (χ3v) is 7.26. The van der Waals surface area contributed by atoms with Crippen LogP contribution in [0.1, 0.15) is 38.5 Å². The molecule has 5 aliphatic rings. The van der Waals surface area contributed by atoms with Gasteiger partial charge in [0.25, 0.3) is 0 Å². The predicted molar refractivity (Wildman–Crippen MR) is 64.8 cm³/mol. The Bertz CT molecular complexity index is 334. The maximum atomic E-state index is 4.58. The van der Waals surface area contributed by atoms with Crippen LogP contribution in [0.25, 0.3) is 0 Å².